The summed E-state index contributed by atoms with van der Waals surface area (Å²) in [4.78, 5) is 24.4. The molecule has 0 heterocycles. The number of carbonyl (C=O) groups excluding carboxylic acids is 2. The van der Waals surface area contributed by atoms with Crippen LogP contribution < -0.4 is 11.1 Å². The normalized spacial score (nSPS) is 16.3. The lowest BCUT2D eigenvalue weighted by atomic mass is 9.90. The predicted molar refractivity (Wildman–Crippen MR) is 89.2 cm³/mol. The van der Waals surface area contributed by atoms with Gasteiger partial charge in [0.05, 0.1) is 12.1 Å². The van der Waals surface area contributed by atoms with Crippen molar-refractivity contribution < 1.29 is 14.3 Å². The molecule has 0 radical (unpaired) electrons. The minimum atomic E-state index is -0.667. The van der Waals surface area contributed by atoms with Gasteiger partial charge in [-0.15, -0.1) is 0 Å². The number of ether oxygens (including phenoxy) is 1. The van der Waals surface area contributed by atoms with Crippen molar-refractivity contribution in [1.82, 2.24) is 5.32 Å². The molecule has 1 amide bonds. The molecule has 0 aliphatic carbocycles. The summed E-state index contributed by atoms with van der Waals surface area (Å²) >= 11 is 0. The van der Waals surface area contributed by atoms with Crippen molar-refractivity contribution in [3.8, 4) is 0 Å². The van der Waals surface area contributed by atoms with E-state index < -0.39 is 18.1 Å². The van der Waals surface area contributed by atoms with Gasteiger partial charge < -0.3 is 15.8 Å². The second-order valence-electron chi connectivity index (χ2n) is 8.01. The molecule has 3 N–H and O–H groups in total. The Bertz CT molecular complexity index is 373. The number of esters is 1. The third-order valence-corrected chi connectivity index (χ3v) is 3.46. The summed E-state index contributed by atoms with van der Waals surface area (Å²) in [5.41, 5.74) is 5.91. The van der Waals surface area contributed by atoms with Crippen LogP contribution in [0, 0.1) is 17.3 Å². The van der Waals surface area contributed by atoms with Crippen LogP contribution in [-0.4, -0.2) is 30.1 Å². The van der Waals surface area contributed by atoms with E-state index in [0.29, 0.717) is 0 Å². The number of rotatable bonds is 7. The second-order valence-corrected chi connectivity index (χ2v) is 8.01. The molecule has 0 aromatic carbocycles. The van der Waals surface area contributed by atoms with Gasteiger partial charge in [-0.1, -0.05) is 48.5 Å². The lowest BCUT2D eigenvalue weighted by molar-refractivity contribution is -0.154. The summed E-state index contributed by atoms with van der Waals surface area (Å²) in [6, 6.07) is -1.29. The number of amides is 1. The molecule has 0 fully saturated rings. The molecule has 130 valence electrons. The van der Waals surface area contributed by atoms with E-state index in [-0.39, 0.29) is 29.3 Å². The summed E-state index contributed by atoms with van der Waals surface area (Å²) in [5, 5.41) is 2.73. The molecular formula is C17H34N2O3. The Hall–Kier alpha value is -1.10. The second kappa shape index (κ2) is 8.51. The third-order valence-electron chi connectivity index (χ3n) is 3.46. The number of nitrogens with one attached hydrogen (secondary N) is 1. The van der Waals surface area contributed by atoms with Gasteiger partial charge in [-0.2, -0.15) is 0 Å². The van der Waals surface area contributed by atoms with E-state index in [0.717, 1.165) is 6.42 Å². The van der Waals surface area contributed by atoms with Crippen molar-refractivity contribution in [1.29, 1.82) is 0 Å². The fourth-order valence-electron chi connectivity index (χ4n) is 2.23. The Morgan fingerprint density at radius 3 is 1.91 bits per heavy atom. The number of carbonyl (C=O) groups is 2. The van der Waals surface area contributed by atoms with E-state index in [1.165, 1.54) is 0 Å². The van der Waals surface area contributed by atoms with Gasteiger partial charge >= 0.3 is 5.97 Å². The van der Waals surface area contributed by atoms with E-state index in [4.69, 9.17) is 10.5 Å². The van der Waals surface area contributed by atoms with Crippen LogP contribution in [0.2, 0.25) is 0 Å². The van der Waals surface area contributed by atoms with Crippen molar-refractivity contribution in [2.24, 2.45) is 23.0 Å². The van der Waals surface area contributed by atoms with Crippen molar-refractivity contribution in [3.63, 3.8) is 0 Å². The lowest BCUT2D eigenvalue weighted by Gasteiger charge is -2.27. The first-order chi connectivity index (χ1) is 9.85. The summed E-state index contributed by atoms with van der Waals surface area (Å²) in [6.45, 7) is 15.7. The maximum atomic E-state index is 12.3. The maximum absolute atomic E-state index is 12.3. The van der Waals surface area contributed by atoms with Gasteiger partial charge in [0.2, 0.25) is 5.91 Å². The summed E-state index contributed by atoms with van der Waals surface area (Å²) in [7, 11) is 0. The van der Waals surface area contributed by atoms with E-state index in [9.17, 15) is 9.59 Å². The molecular weight excluding hydrogens is 280 g/mol. The van der Waals surface area contributed by atoms with Crippen LogP contribution in [0.3, 0.4) is 0 Å². The Morgan fingerprint density at radius 2 is 1.55 bits per heavy atom. The molecule has 22 heavy (non-hydrogen) atoms. The van der Waals surface area contributed by atoms with Crippen molar-refractivity contribution >= 4 is 11.9 Å². The molecule has 0 aromatic heterocycles. The fraction of sp³-hybridized carbons (Fsp3) is 0.882. The van der Waals surface area contributed by atoms with Crippen molar-refractivity contribution in [2.45, 2.75) is 80.0 Å². The van der Waals surface area contributed by atoms with Crippen LogP contribution in [-0.2, 0) is 14.3 Å². The van der Waals surface area contributed by atoms with Crippen LogP contribution in [0.25, 0.3) is 0 Å². The SMILES string of the molecule is CC(CC(C)(C)C)OC(=O)[C@@H](NC(=O)[C@@H](N)C(C)C)C(C)C. The third kappa shape index (κ3) is 7.78. The first kappa shape index (κ1) is 20.9. The monoisotopic (exact) mass is 314 g/mol. The minimum absolute atomic E-state index is 0.0173. The first-order valence-electron chi connectivity index (χ1n) is 8.11. The zero-order valence-electron chi connectivity index (χ0n) is 15.4. The van der Waals surface area contributed by atoms with Crippen LogP contribution in [0.15, 0.2) is 0 Å². The number of nitrogens with two attached hydrogens (primary N) is 1. The Balaban J connectivity index is 4.75. The molecule has 5 heteroatoms. The molecule has 0 saturated carbocycles. The minimum Gasteiger partial charge on any atom is -0.461 e. The van der Waals surface area contributed by atoms with Gasteiger partial charge in [0, 0.05) is 0 Å². The Kier molecular flexibility index (Phi) is 8.09. The average molecular weight is 314 g/mol. The summed E-state index contributed by atoms with van der Waals surface area (Å²) in [6.07, 6.45) is 0.577. The van der Waals surface area contributed by atoms with E-state index in [2.05, 4.69) is 26.1 Å². The molecule has 0 aliphatic heterocycles. The molecule has 0 rings (SSSR count). The molecule has 0 aromatic rings. The van der Waals surface area contributed by atoms with Crippen molar-refractivity contribution in [2.75, 3.05) is 0 Å². The van der Waals surface area contributed by atoms with Crippen molar-refractivity contribution in [3.05, 3.63) is 0 Å². The molecule has 0 bridgehead atoms. The quantitative estimate of drug-likeness (QED) is 0.707. The number of hydrogen-bond acceptors (Lipinski definition) is 4. The highest BCUT2D eigenvalue weighted by Gasteiger charge is 2.30. The lowest BCUT2D eigenvalue weighted by Crippen LogP contribution is -2.53. The van der Waals surface area contributed by atoms with Crippen LogP contribution >= 0.6 is 0 Å². The fourth-order valence-corrected chi connectivity index (χ4v) is 2.23. The smallest absolute Gasteiger partial charge is 0.329 e. The standard InChI is InChI=1S/C17H34N2O3/c1-10(2)13(18)15(20)19-14(11(3)4)16(21)22-12(5)9-17(6,7)8/h10-14H,9,18H2,1-8H3,(H,19,20)/t12?,13-,14-/m0/s1. The van der Waals surface area contributed by atoms with Gasteiger partial charge in [0.1, 0.15) is 6.04 Å². The van der Waals surface area contributed by atoms with Gasteiger partial charge in [-0.3, -0.25) is 4.79 Å². The molecule has 3 atom stereocenters. The summed E-state index contributed by atoms with van der Waals surface area (Å²) in [5.74, 6) is -0.744. The zero-order valence-corrected chi connectivity index (χ0v) is 15.4. The Morgan fingerprint density at radius 1 is 1.05 bits per heavy atom. The topological polar surface area (TPSA) is 81.4 Å². The van der Waals surface area contributed by atoms with Crippen LogP contribution in [0.4, 0.5) is 0 Å². The molecule has 0 spiro atoms. The maximum Gasteiger partial charge on any atom is 0.329 e. The van der Waals surface area contributed by atoms with E-state index >= 15 is 0 Å². The Labute approximate surface area is 135 Å². The average Bonchev–Trinajstić information content (AvgIpc) is 2.31. The zero-order chi connectivity index (χ0) is 17.7. The highest BCUT2D eigenvalue weighted by molar-refractivity contribution is 5.87. The molecule has 1 unspecified atom stereocenters. The molecule has 0 saturated heterocycles. The van der Waals surface area contributed by atoms with E-state index in [1.807, 2.05) is 34.6 Å². The van der Waals surface area contributed by atoms with Gasteiger partial charge in [0.15, 0.2) is 0 Å². The largest absolute Gasteiger partial charge is 0.461 e. The van der Waals surface area contributed by atoms with E-state index in [1.54, 1.807) is 0 Å². The highest BCUT2D eigenvalue weighted by Crippen LogP contribution is 2.22. The first-order valence-corrected chi connectivity index (χ1v) is 8.11. The van der Waals surface area contributed by atoms with Gasteiger partial charge in [-0.25, -0.2) is 4.79 Å². The number of hydrogen-bond donors (Lipinski definition) is 2. The summed E-state index contributed by atoms with van der Waals surface area (Å²) < 4.78 is 5.50. The van der Waals surface area contributed by atoms with Crippen LogP contribution in [0.1, 0.15) is 61.8 Å². The molecule has 5 nitrogen and oxygen atoms in total. The highest BCUT2D eigenvalue weighted by atomic mass is 16.5. The van der Waals surface area contributed by atoms with Gasteiger partial charge in [-0.05, 0) is 30.6 Å². The van der Waals surface area contributed by atoms with Gasteiger partial charge in [0.25, 0.3) is 0 Å². The molecule has 0 aliphatic rings. The van der Waals surface area contributed by atoms with Crippen LogP contribution in [0.5, 0.6) is 0 Å². The predicted octanol–water partition coefficient (Wildman–Crippen LogP) is 2.48.